The van der Waals surface area contributed by atoms with Crippen molar-refractivity contribution in [2.75, 3.05) is 0 Å². The summed E-state index contributed by atoms with van der Waals surface area (Å²) in [5, 5.41) is 1.80. The Kier molecular flexibility index (Phi) is 6.99. The first-order chi connectivity index (χ1) is 16.6. The van der Waals surface area contributed by atoms with Gasteiger partial charge in [-0.3, -0.25) is 4.79 Å². The second-order valence-electron chi connectivity index (χ2n) is 7.42. The summed E-state index contributed by atoms with van der Waals surface area (Å²) in [6.07, 6.45) is -3.17. The lowest BCUT2D eigenvalue weighted by Crippen LogP contribution is -2.29. The molecule has 0 unspecified atom stereocenters. The lowest BCUT2D eigenvalue weighted by atomic mass is 10.2. The van der Waals surface area contributed by atoms with Crippen molar-refractivity contribution in [1.29, 1.82) is 0 Å². The molecule has 6 nitrogen and oxygen atoms in total. The largest absolute Gasteiger partial charge is 0.467 e. The first kappa shape index (κ1) is 24.6. The maximum absolute atomic E-state index is 13.0. The summed E-state index contributed by atoms with van der Waals surface area (Å²) in [4.78, 5) is 14.5. The van der Waals surface area contributed by atoms with Crippen molar-refractivity contribution in [3.05, 3.63) is 106 Å². The quantitative estimate of drug-likeness (QED) is 0.267. The predicted molar refractivity (Wildman–Crippen MR) is 122 cm³/mol. The molecular formula is C24H18F3NO5S2. The number of carbonyl (C=O) groups excluding carboxylic acids is 1. The maximum Gasteiger partial charge on any atom is 0.416 e. The summed E-state index contributed by atoms with van der Waals surface area (Å²) < 4.78 is 74.2. The van der Waals surface area contributed by atoms with Gasteiger partial charge in [0.2, 0.25) is 0 Å². The summed E-state index contributed by atoms with van der Waals surface area (Å²) in [6.45, 7) is 0.435. The number of hydrogen-bond acceptors (Lipinski definition) is 6. The van der Waals surface area contributed by atoms with Gasteiger partial charge in [0.15, 0.2) is 0 Å². The molecule has 0 aliphatic rings. The summed E-state index contributed by atoms with van der Waals surface area (Å²) in [6, 6.07) is 16.2. The van der Waals surface area contributed by atoms with Gasteiger partial charge in [-0.15, -0.1) is 11.3 Å². The molecule has 4 rings (SSSR count). The molecule has 0 radical (unpaired) electrons. The first-order valence-corrected chi connectivity index (χ1v) is 12.5. The van der Waals surface area contributed by atoms with Crippen molar-refractivity contribution in [3.8, 4) is 5.75 Å². The van der Waals surface area contributed by atoms with E-state index in [1.807, 2.05) is 0 Å². The predicted octanol–water partition coefficient (Wildman–Crippen LogP) is 5.97. The molecule has 1 amide bonds. The molecule has 0 aliphatic heterocycles. The van der Waals surface area contributed by atoms with Crippen molar-refractivity contribution >= 4 is 27.4 Å². The standard InChI is InChI=1S/C24H18F3NO5S2/c25-24(26,27)18-4-1-6-21(14-18)35(30,31)33-19-10-8-17(9-11-19)15-28(16-20-5-2-12-32-20)23(29)22-7-3-13-34-22/h1-14H,15-16H2. The number of furan rings is 1. The fourth-order valence-electron chi connectivity index (χ4n) is 3.22. The first-order valence-electron chi connectivity index (χ1n) is 10.2. The van der Waals surface area contributed by atoms with Crippen LogP contribution in [-0.4, -0.2) is 19.2 Å². The van der Waals surface area contributed by atoms with Crippen LogP contribution in [0.5, 0.6) is 5.75 Å². The highest BCUT2D eigenvalue weighted by atomic mass is 32.2. The lowest BCUT2D eigenvalue weighted by Gasteiger charge is -2.21. The monoisotopic (exact) mass is 521 g/mol. The Morgan fingerprint density at radius 3 is 2.37 bits per heavy atom. The van der Waals surface area contributed by atoms with Crippen LogP contribution in [0.15, 0.2) is 93.8 Å². The van der Waals surface area contributed by atoms with E-state index < -0.39 is 26.8 Å². The molecule has 4 aromatic rings. The van der Waals surface area contributed by atoms with E-state index in [-0.39, 0.29) is 24.7 Å². The van der Waals surface area contributed by atoms with E-state index in [2.05, 4.69) is 0 Å². The Bertz CT molecular complexity index is 1380. The zero-order chi connectivity index (χ0) is 25.1. The molecule has 35 heavy (non-hydrogen) atoms. The fraction of sp³-hybridized carbons (Fsp3) is 0.125. The van der Waals surface area contributed by atoms with Gasteiger partial charge >= 0.3 is 16.3 Å². The molecule has 0 spiro atoms. The summed E-state index contributed by atoms with van der Waals surface area (Å²) in [7, 11) is -4.48. The lowest BCUT2D eigenvalue weighted by molar-refractivity contribution is -0.137. The van der Waals surface area contributed by atoms with E-state index in [1.165, 1.54) is 29.7 Å². The number of amides is 1. The molecule has 2 aromatic carbocycles. The Hall–Kier alpha value is -3.57. The number of rotatable bonds is 8. The SMILES string of the molecule is O=C(c1cccs1)N(Cc1ccc(OS(=O)(=O)c2cccc(C(F)(F)F)c2)cc1)Cc1ccco1. The zero-order valence-corrected chi connectivity index (χ0v) is 19.6. The molecule has 0 aliphatic carbocycles. The third-order valence-corrected chi connectivity index (χ3v) is 7.00. The molecule has 2 heterocycles. The highest BCUT2D eigenvalue weighted by Gasteiger charge is 2.32. The number of nitrogens with zero attached hydrogens (tertiary/aromatic N) is 1. The summed E-state index contributed by atoms with van der Waals surface area (Å²) in [5.74, 6) is 0.333. The van der Waals surface area contributed by atoms with E-state index in [9.17, 15) is 26.4 Å². The Morgan fingerprint density at radius 2 is 1.74 bits per heavy atom. The highest BCUT2D eigenvalue weighted by molar-refractivity contribution is 7.87. The zero-order valence-electron chi connectivity index (χ0n) is 17.9. The summed E-state index contributed by atoms with van der Waals surface area (Å²) >= 11 is 1.31. The topological polar surface area (TPSA) is 76.8 Å². The summed E-state index contributed by atoms with van der Waals surface area (Å²) in [5.41, 5.74) is -0.408. The van der Waals surface area contributed by atoms with Crippen molar-refractivity contribution in [2.45, 2.75) is 24.2 Å². The minimum Gasteiger partial charge on any atom is -0.467 e. The van der Waals surface area contributed by atoms with Crippen LogP contribution >= 0.6 is 11.3 Å². The molecule has 2 aromatic heterocycles. The number of benzene rings is 2. The van der Waals surface area contributed by atoms with Gasteiger partial charge in [0, 0.05) is 6.54 Å². The van der Waals surface area contributed by atoms with Gasteiger partial charge in [-0.25, -0.2) is 0 Å². The third kappa shape index (κ3) is 6.11. The van der Waals surface area contributed by atoms with Crippen LogP contribution in [0.3, 0.4) is 0 Å². The molecule has 0 saturated carbocycles. The van der Waals surface area contributed by atoms with Gasteiger partial charge in [-0.05, 0) is 59.5 Å². The maximum atomic E-state index is 13.0. The molecular weight excluding hydrogens is 503 g/mol. The van der Waals surface area contributed by atoms with E-state index >= 15 is 0 Å². The van der Waals surface area contributed by atoms with Crippen LogP contribution < -0.4 is 4.18 Å². The van der Waals surface area contributed by atoms with Crippen LogP contribution in [0.2, 0.25) is 0 Å². The molecule has 11 heteroatoms. The van der Waals surface area contributed by atoms with Crippen molar-refractivity contribution in [1.82, 2.24) is 4.90 Å². The second-order valence-corrected chi connectivity index (χ2v) is 9.92. The number of carbonyl (C=O) groups is 1. The van der Waals surface area contributed by atoms with E-state index in [0.717, 1.165) is 18.2 Å². The number of halogens is 3. The van der Waals surface area contributed by atoms with E-state index in [0.29, 0.717) is 22.3 Å². The average molecular weight is 522 g/mol. The van der Waals surface area contributed by atoms with Crippen LogP contribution in [-0.2, 0) is 29.4 Å². The van der Waals surface area contributed by atoms with Gasteiger partial charge in [0.1, 0.15) is 16.4 Å². The highest BCUT2D eigenvalue weighted by Crippen LogP contribution is 2.31. The molecule has 182 valence electrons. The van der Waals surface area contributed by atoms with E-state index in [1.54, 1.807) is 46.7 Å². The fourth-order valence-corrected chi connectivity index (χ4v) is 4.89. The molecule has 0 atom stereocenters. The van der Waals surface area contributed by atoms with Crippen LogP contribution in [0, 0.1) is 0 Å². The van der Waals surface area contributed by atoms with Crippen molar-refractivity contribution in [3.63, 3.8) is 0 Å². The molecule has 0 fully saturated rings. The average Bonchev–Trinajstić information content (AvgIpc) is 3.53. The van der Waals surface area contributed by atoms with Gasteiger partial charge in [-0.1, -0.05) is 24.3 Å². The van der Waals surface area contributed by atoms with Crippen LogP contribution in [0.25, 0.3) is 0 Å². The Morgan fingerprint density at radius 1 is 0.971 bits per heavy atom. The van der Waals surface area contributed by atoms with Gasteiger partial charge in [0.25, 0.3) is 5.91 Å². The van der Waals surface area contributed by atoms with Crippen LogP contribution in [0.4, 0.5) is 13.2 Å². The Labute approximate surface area is 203 Å². The van der Waals surface area contributed by atoms with E-state index in [4.69, 9.17) is 8.60 Å². The van der Waals surface area contributed by atoms with Gasteiger partial charge in [0.05, 0.1) is 23.2 Å². The molecule has 0 N–H and O–H groups in total. The number of hydrogen-bond donors (Lipinski definition) is 0. The van der Waals surface area contributed by atoms with Crippen molar-refractivity contribution < 1.29 is 35.0 Å². The smallest absolute Gasteiger partial charge is 0.416 e. The van der Waals surface area contributed by atoms with Crippen molar-refractivity contribution in [2.24, 2.45) is 0 Å². The Balaban J connectivity index is 1.50. The minimum absolute atomic E-state index is 0.0756. The molecule has 0 saturated heterocycles. The van der Waals surface area contributed by atoms with Gasteiger partial charge < -0.3 is 13.5 Å². The van der Waals surface area contributed by atoms with Gasteiger partial charge in [-0.2, -0.15) is 21.6 Å². The number of thiophene rings is 1. The minimum atomic E-state index is -4.69. The third-order valence-electron chi connectivity index (χ3n) is 4.90. The molecule has 0 bridgehead atoms. The van der Waals surface area contributed by atoms with Crippen LogP contribution in [0.1, 0.15) is 26.6 Å². The second kappa shape index (κ2) is 9.96. The normalized spacial score (nSPS) is 11.9. The number of alkyl halides is 3.